The molecular formula is C9H6N2O. The number of rotatable bonds is 0. The van der Waals surface area contributed by atoms with Gasteiger partial charge in [-0.25, -0.2) is 0 Å². The Balaban J connectivity index is 2.92. The quantitative estimate of drug-likeness (QED) is 0.589. The van der Waals surface area contributed by atoms with Crippen LogP contribution < -0.4 is 0 Å². The number of aromatic nitrogens is 1. The zero-order valence-corrected chi connectivity index (χ0v) is 6.53. The van der Waals surface area contributed by atoms with Crippen LogP contribution in [0.25, 0.3) is 11.0 Å². The lowest BCUT2D eigenvalue weighted by Crippen LogP contribution is -1.74. The molecule has 2 aromatic rings. The Labute approximate surface area is 69.2 Å². The summed E-state index contributed by atoms with van der Waals surface area (Å²) in [5.41, 5.74) is 1.94. The third-order valence-corrected chi connectivity index (χ3v) is 1.80. The minimum absolute atomic E-state index is 0.535. The molecule has 0 fully saturated rings. The molecule has 0 aliphatic rings. The van der Waals surface area contributed by atoms with Crippen LogP contribution in [0.2, 0.25) is 0 Å². The number of benzene rings is 1. The van der Waals surface area contributed by atoms with E-state index in [-0.39, 0.29) is 0 Å². The second-order valence-electron chi connectivity index (χ2n) is 2.56. The van der Waals surface area contributed by atoms with E-state index in [1.807, 2.05) is 25.1 Å². The monoisotopic (exact) mass is 158 g/mol. The first-order valence-corrected chi connectivity index (χ1v) is 3.58. The van der Waals surface area contributed by atoms with Gasteiger partial charge in [0.15, 0.2) is 5.58 Å². The fraction of sp³-hybridized carbons (Fsp3) is 0.111. The number of fused-ring (bicyclic) bond motifs is 1. The number of aryl methyl sites for hydroxylation is 1. The van der Waals surface area contributed by atoms with Crippen LogP contribution in [0.4, 0.5) is 0 Å². The van der Waals surface area contributed by atoms with Crippen molar-refractivity contribution in [2.24, 2.45) is 0 Å². The van der Waals surface area contributed by atoms with Gasteiger partial charge in [0, 0.05) is 5.39 Å². The number of para-hydroxylation sites is 1. The number of hydrogen-bond donors (Lipinski definition) is 0. The molecule has 3 heteroatoms. The van der Waals surface area contributed by atoms with Crippen molar-refractivity contribution in [2.75, 3.05) is 0 Å². The summed E-state index contributed by atoms with van der Waals surface area (Å²) in [5, 5.41) is 13.4. The molecule has 0 N–H and O–H groups in total. The summed E-state index contributed by atoms with van der Waals surface area (Å²) in [6.45, 7) is 1.85. The first kappa shape index (κ1) is 6.86. The van der Waals surface area contributed by atoms with Crippen molar-refractivity contribution in [2.45, 2.75) is 6.92 Å². The predicted octanol–water partition coefficient (Wildman–Crippen LogP) is 2.01. The van der Waals surface area contributed by atoms with Crippen LogP contribution in [0.1, 0.15) is 11.3 Å². The van der Waals surface area contributed by atoms with Crippen LogP contribution in [0, 0.1) is 18.3 Å². The number of nitriles is 1. The van der Waals surface area contributed by atoms with Crippen LogP contribution in [0.5, 0.6) is 0 Å². The second-order valence-corrected chi connectivity index (χ2v) is 2.56. The van der Waals surface area contributed by atoms with E-state index in [2.05, 4.69) is 5.16 Å². The van der Waals surface area contributed by atoms with Crippen LogP contribution in [0.15, 0.2) is 22.7 Å². The molecular weight excluding hydrogens is 152 g/mol. The molecule has 0 spiro atoms. The second kappa shape index (κ2) is 2.35. The zero-order valence-electron chi connectivity index (χ0n) is 6.53. The molecule has 0 unspecified atom stereocenters. The molecule has 2 rings (SSSR count). The van der Waals surface area contributed by atoms with Crippen molar-refractivity contribution in [3.63, 3.8) is 0 Å². The summed E-state index contributed by atoms with van der Waals surface area (Å²) in [6.07, 6.45) is 0. The molecule has 58 valence electrons. The fourth-order valence-corrected chi connectivity index (χ4v) is 1.17. The minimum atomic E-state index is 0.535. The van der Waals surface area contributed by atoms with E-state index in [1.165, 1.54) is 0 Å². The van der Waals surface area contributed by atoms with Crippen molar-refractivity contribution >= 4 is 11.0 Å². The van der Waals surface area contributed by atoms with E-state index in [1.54, 1.807) is 6.07 Å². The summed E-state index contributed by atoms with van der Waals surface area (Å²) in [4.78, 5) is 0. The van der Waals surface area contributed by atoms with E-state index >= 15 is 0 Å². The van der Waals surface area contributed by atoms with Gasteiger partial charge in [0.1, 0.15) is 6.07 Å². The van der Waals surface area contributed by atoms with Gasteiger partial charge in [0.05, 0.1) is 11.3 Å². The van der Waals surface area contributed by atoms with E-state index in [0.717, 1.165) is 11.1 Å². The minimum Gasteiger partial charge on any atom is -0.355 e. The molecule has 12 heavy (non-hydrogen) atoms. The number of nitrogens with zero attached hydrogens (tertiary/aromatic N) is 2. The van der Waals surface area contributed by atoms with Crippen LogP contribution in [-0.2, 0) is 0 Å². The molecule has 0 aliphatic carbocycles. The van der Waals surface area contributed by atoms with Crippen LogP contribution >= 0.6 is 0 Å². The van der Waals surface area contributed by atoms with E-state index < -0.39 is 0 Å². The average Bonchev–Trinajstić information content (AvgIpc) is 2.48. The standard InChI is InChI=1S/C9H6N2O/c1-6-8-4-2-3-7(5-10)9(8)12-11-6/h2-4H,1H3. The maximum Gasteiger partial charge on any atom is 0.184 e. The summed E-state index contributed by atoms with van der Waals surface area (Å²) in [5.74, 6) is 0. The molecule has 1 aromatic carbocycles. The van der Waals surface area contributed by atoms with Crippen molar-refractivity contribution in [3.8, 4) is 6.07 Å². The fourth-order valence-electron chi connectivity index (χ4n) is 1.17. The lowest BCUT2D eigenvalue weighted by atomic mass is 10.1. The highest BCUT2D eigenvalue weighted by atomic mass is 16.5. The number of hydrogen-bond acceptors (Lipinski definition) is 3. The highest BCUT2D eigenvalue weighted by Gasteiger charge is 2.06. The van der Waals surface area contributed by atoms with Crippen molar-refractivity contribution in [1.29, 1.82) is 5.26 Å². The van der Waals surface area contributed by atoms with Crippen molar-refractivity contribution in [1.82, 2.24) is 5.16 Å². The summed E-state index contributed by atoms with van der Waals surface area (Å²) >= 11 is 0. The molecule has 3 nitrogen and oxygen atoms in total. The SMILES string of the molecule is Cc1noc2c(C#N)cccc12. The van der Waals surface area contributed by atoms with Gasteiger partial charge in [-0.05, 0) is 19.1 Å². The normalized spacial score (nSPS) is 10.0. The van der Waals surface area contributed by atoms with Gasteiger partial charge >= 0.3 is 0 Å². The lowest BCUT2D eigenvalue weighted by Gasteiger charge is -1.87. The summed E-state index contributed by atoms with van der Waals surface area (Å²) in [6, 6.07) is 7.48. The van der Waals surface area contributed by atoms with Gasteiger partial charge in [-0.3, -0.25) is 0 Å². The van der Waals surface area contributed by atoms with Gasteiger partial charge in [-0.1, -0.05) is 11.2 Å². The smallest absolute Gasteiger partial charge is 0.184 e. The van der Waals surface area contributed by atoms with Gasteiger partial charge in [-0.15, -0.1) is 0 Å². The molecule has 0 atom stereocenters. The molecule has 0 aliphatic heterocycles. The Morgan fingerprint density at radius 3 is 3.08 bits per heavy atom. The molecule has 1 aromatic heterocycles. The predicted molar refractivity (Wildman–Crippen MR) is 43.5 cm³/mol. The van der Waals surface area contributed by atoms with Crippen LogP contribution in [-0.4, -0.2) is 5.16 Å². The Morgan fingerprint density at radius 1 is 1.50 bits per heavy atom. The first-order chi connectivity index (χ1) is 5.83. The topological polar surface area (TPSA) is 49.8 Å². The first-order valence-electron chi connectivity index (χ1n) is 3.58. The van der Waals surface area contributed by atoms with E-state index in [9.17, 15) is 0 Å². The lowest BCUT2D eigenvalue weighted by molar-refractivity contribution is 0.450. The van der Waals surface area contributed by atoms with Gasteiger partial charge in [-0.2, -0.15) is 5.26 Å². The Hall–Kier alpha value is -1.82. The highest BCUT2D eigenvalue weighted by molar-refractivity contribution is 5.84. The molecule has 0 saturated carbocycles. The maximum absolute atomic E-state index is 8.71. The molecule has 0 saturated heterocycles. The maximum atomic E-state index is 8.71. The van der Waals surface area contributed by atoms with Gasteiger partial charge in [0.2, 0.25) is 0 Å². The molecule has 1 heterocycles. The van der Waals surface area contributed by atoms with Gasteiger partial charge in [0.25, 0.3) is 0 Å². The zero-order chi connectivity index (χ0) is 8.55. The molecule has 0 amide bonds. The Morgan fingerprint density at radius 2 is 2.33 bits per heavy atom. The summed E-state index contributed by atoms with van der Waals surface area (Å²) in [7, 11) is 0. The summed E-state index contributed by atoms with van der Waals surface area (Å²) < 4.78 is 5.00. The molecule has 0 bridgehead atoms. The largest absolute Gasteiger partial charge is 0.355 e. The average molecular weight is 158 g/mol. The highest BCUT2D eigenvalue weighted by Crippen LogP contribution is 2.20. The Bertz CT molecular complexity index is 465. The van der Waals surface area contributed by atoms with Crippen LogP contribution in [0.3, 0.4) is 0 Å². The third kappa shape index (κ3) is 0.785. The van der Waals surface area contributed by atoms with Crippen molar-refractivity contribution < 1.29 is 4.52 Å². The van der Waals surface area contributed by atoms with Crippen molar-refractivity contribution in [3.05, 3.63) is 29.5 Å². The van der Waals surface area contributed by atoms with E-state index in [0.29, 0.717) is 11.1 Å². The third-order valence-electron chi connectivity index (χ3n) is 1.80. The molecule has 0 radical (unpaired) electrons. The van der Waals surface area contributed by atoms with Gasteiger partial charge < -0.3 is 4.52 Å². The Kier molecular flexibility index (Phi) is 1.34. The van der Waals surface area contributed by atoms with E-state index in [4.69, 9.17) is 9.78 Å².